The minimum atomic E-state index is -0.122. The molecule has 0 saturated heterocycles. The Kier molecular flexibility index (Phi) is 7.76. The van der Waals surface area contributed by atoms with Crippen LogP contribution in [0.5, 0.6) is 0 Å². The van der Waals surface area contributed by atoms with Crippen LogP contribution in [0.3, 0.4) is 0 Å². The lowest BCUT2D eigenvalue weighted by Gasteiger charge is -2.19. The highest BCUT2D eigenvalue weighted by atomic mass is 16.2. The smallest absolute Gasteiger partial charge is 0.238 e. The predicted molar refractivity (Wildman–Crippen MR) is 115 cm³/mol. The molecule has 2 aromatic carbocycles. The molecule has 0 saturated carbocycles. The van der Waals surface area contributed by atoms with Crippen molar-refractivity contribution in [2.45, 2.75) is 33.6 Å². The van der Waals surface area contributed by atoms with Crippen molar-refractivity contribution in [3.05, 3.63) is 64.7 Å². The summed E-state index contributed by atoms with van der Waals surface area (Å²) in [4.78, 5) is 26.3. The van der Waals surface area contributed by atoms with Gasteiger partial charge in [-0.25, -0.2) is 0 Å². The van der Waals surface area contributed by atoms with E-state index in [1.54, 1.807) is 11.9 Å². The van der Waals surface area contributed by atoms with Crippen LogP contribution in [-0.4, -0.2) is 43.4 Å². The fourth-order valence-corrected chi connectivity index (χ4v) is 3.32. The zero-order valence-corrected chi connectivity index (χ0v) is 17.5. The van der Waals surface area contributed by atoms with Gasteiger partial charge in [0.05, 0.1) is 13.1 Å². The Hall–Kier alpha value is -2.66. The van der Waals surface area contributed by atoms with Crippen LogP contribution in [-0.2, 0) is 9.59 Å². The third kappa shape index (κ3) is 6.50. The fraction of sp³-hybridized carbons (Fsp3) is 0.391. The number of aryl methyl sites for hydroxylation is 3. The summed E-state index contributed by atoms with van der Waals surface area (Å²) in [6, 6.07) is 14.2. The maximum absolute atomic E-state index is 12.4. The van der Waals surface area contributed by atoms with E-state index < -0.39 is 0 Å². The molecule has 2 amide bonds. The van der Waals surface area contributed by atoms with Crippen molar-refractivity contribution >= 4 is 17.5 Å². The number of carbonyl (C=O) groups is 2. The number of amides is 2. The maximum atomic E-state index is 12.4. The third-order valence-electron chi connectivity index (χ3n) is 4.74. The highest BCUT2D eigenvalue weighted by Crippen LogP contribution is 2.21. The van der Waals surface area contributed by atoms with Crippen LogP contribution >= 0.6 is 0 Å². The van der Waals surface area contributed by atoms with Gasteiger partial charge in [-0.2, -0.15) is 0 Å². The molecule has 2 rings (SSSR count). The average molecular weight is 382 g/mol. The van der Waals surface area contributed by atoms with Gasteiger partial charge in [0.15, 0.2) is 0 Å². The van der Waals surface area contributed by atoms with Gasteiger partial charge >= 0.3 is 0 Å². The van der Waals surface area contributed by atoms with Gasteiger partial charge in [-0.3, -0.25) is 14.5 Å². The van der Waals surface area contributed by atoms with Crippen LogP contribution in [0.2, 0.25) is 0 Å². The minimum Gasteiger partial charge on any atom is -0.354 e. The van der Waals surface area contributed by atoms with Gasteiger partial charge in [0.2, 0.25) is 11.8 Å². The molecule has 5 nitrogen and oxygen atoms in total. The SMILES string of the molecule is Cc1cc(C)c(NC(=O)CN(C)CC(=O)NC[C@H](C)c2ccccc2)c(C)c1. The molecule has 28 heavy (non-hydrogen) atoms. The highest BCUT2D eigenvalue weighted by molar-refractivity contribution is 5.94. The molecule has 0 fully saturated rings. The second kappa shape index (κ2) is 10.0. The van der Waals surface area contributed by atoms with E-state index in [9.17, 15) is 9.59 Å². The maximum Gasteiger partial charge on any atom is 0.238 e. The number of nitrogens with zero attached hydrogens (tertiary/aromatic N) is 1. The summed E-state index contributed by atoms with van der Waals surface area (Å²) in [6.45, 7) is 9.01. The van der Waals surface area contributed by atoms with Gasteiger partial charge < -0.3 is 10.6 Å². The standard InChI is InChI=1S/C23H31N3O2/c1-16-11-17(2)23(18(3)12-16)25-22(28)15-26(5)14-21(27)24-13-19(4)20-9-7-6-8-10-20/h6-12,19H,13-15H2,1-5H3,(H,24,27)(H,25,28)/t19-/m0/s1. The zero-order valence-electron chi connectivity index (χ0n) is 17.5. The van der Waals surface area contributed by atoms with E-state index in [1.165, 1.54) is 11.1 Å². The lowest BCUT2D eigenvalue weighted by atomic mass is 10.0. The van der Waals surface area contributed by atoms with Gasteiger partial charge in [-0.05, 0) is 50.4 Å². The van der Waals surface area contributed by atoms with Gasteiger partial charge in [0.25, 0.3) is 0 Å². The molecule has 1 atom stereocenters. The number of hydrogen-bond donors (Lipinski definition) is 2. The molecule has 2 aromatic rings. The average Bonchev–Trinajstić information content (AvgIpc) is 2.63. The van der Waals surface area contributed by atoms with Crippen LogP contribution in [0, 0.1) is 20.8 Å². The van der Waals surface area contributed by atoms with Gasteiger partial charge in [-0.15, -0.1) is 0 Å². The zero-order chi connectivity index (χ0) is 20.7. The molecular formula is C23H31N3O2. The highest BCUT2D eigenvalue weighted by Gasteiger charge is 2.14. The summed E-state index contributed by atoms with van der Waals surface area (Å²) in [5, 5.41) is 5.92. The fourth-order valence-electron chi connectivity index (χ4n) is 3.32. The number of nitrogens with one attached hydrogen (secondary N) is 2. The van der Waals surface area contributed by atoms with E-state index in [0.29, 0.717) is 6.54 Å². The number of carbonyl (C=O) groups excluding carboxylic acids is 2. The second-order valence-electron chi connectivity index (χ2n) is 7.61. The minimum absolute atomic E-state index is 0.0826. The Labute approximate surface area is 168 Å². The molecule has 150 valence electrons. The largest absolute Gasteiger partial charge is 0.354 e. The molecule has 5 heteroatoms. The third-order valence-corrected chi connectivity index (χ3v) is 4.74. The number of hydrogen-bond acceptors (Lipinski definition) is 3. The molecule has 0 bridgehead atoms. The van der Waals surface area contributed by atoms with Crippen molar-refractivity contribution in [3.63, 3.8) is 0 Å². The van der Waals surface area contributed by atoms with Crippen molar-refractivity contribution in [2.75, 3.05) is 32.0 Å². The summed E-state index contributed by atoms with van der Waals surface area (Å²) < 4.78 is 0. The first-order valence-electron chi connectivity index (χ1n) is 9.64. The number of anilines is 1. The number of benzene rings is 2. The summed E-state index contributed by atoms with van der Waals surface area (Å²) >= 11 is 0. The molecule has 0 radical (unpaired) electrons. The molecule has 2 N–H and O–H groups in total. The van der Waals surface area contributed by atoms with E-state index >= 15 is 0 Å². The summed E-state index contributed by atoms with van der Waals surface area (Å²) in [7, 11) is 1.77. The molecule has 0 aliphatic carbocycles. The Morgan fingerprint density at radius 2 is 1.54 bits per heavy atom. The summed E-state index contributed by atoms with van der Waals surface area (Å²) in [5.74, 6) is 0.0371. The van der Waals surface area contributed by atoms with E-state index in [4.69, 9.17) is 0 Å². The molecule has 0 spiro atoms. The van der Waals surface area contributed by atoms with Crippen molar-refractivity contribution in [1.82, 2.24) is 10.2 Å². The summed E-state index contributed by atoms with van der Waals surface area (Å²) in [5.41, 5.74) is 5.30. The van der Waals surface area contributed by atoms with E-state index in [2.05, 4.69) is 29.7 Å². The van der Waals surface area contributed by atoms with Crippen molar-refractivity contribution < 1.29 is 9.59 Å². The molecular weight excluding hydrogens is 350 g/mol. The van der Waals surface area contributed by atoms with Gasteiger partial charge in [0.1, 0.15) is 0 Å². The Balaban J connectivity index is 1.79. The van der Waals surface area contributed by atoms with E-state index in [1.807, 2.05) is 51.1 Å². The van der Waals surface area contributed by atoms with E-state index in [0.717, 1.165) is 16.8 Å². The lowest BCUT2D eigenvalue weighted by molar-refractivity contribution is -0.123. The molecule has 0 heterocycles. The molecule has 0 unspecified atom stereocenters. The summed E-state index contributed by atoms with van der Waals surface area (Å²) in [6.07, 6.45) is 0. The van der Waals surface area contributed by atoms with Crippen LogP contribution in [0.4, 0.5) is 5.69 Å². The Morgan fingerprint density at radius 3 is 2.14 bits per heavy atom. The lowest BCUT2D eigenvalue weighted by Crippen LogP contribution is -2.40. The Morgan fingerprint density at radius 1 is 0.964 bits per heavy atom. The quantitative estimate of drug-likeness (QED) is 0.737. The monoisotopic (exact) mass is 381 g/mol. The Bertz CT molecular complexity index is 795. The second-order valence-corrected chi connectivity index (χ2v) is 7.61. The number of rotatable bonds is 8. The normalized spacial score (nSPS) is 11.9. The number of likely N-dealkylation sites (N-methyl/N-ethyl adjacent to an activating group) is 1. The topological polar surface area (TPSA) is 61.4 Å². The van der Waals surface area contributed by atoms with Crippen LogP contribution < -0.4 is 10.6 Å². The molecule has 0 aromatic heterocycles. The molecule has 0 aliphatic heterocycles. The first-order valence-corrected chi connectivity index (χ1v) is 9.64. The van der Waals surface area contributed by atoms with E-state index in [-0.39, 0.29) is 30.8 Å². The first kappa shape index (κ1) is 21.6. The van der Waals surface area contributed by atoms with Crippen LogP contribution in [0.15, 0.2) is 42.5 Å². The first-order chi connectivity index (χ1) is 13.3. The van der Waals surface area contributed by atoms with Crippen molar-refractivity contribution in [1.29, 1.82) is 0 Å². The molecule has 0 aliphatic rings. The van der Waals surface area contributed by atoms with Crippen LogP contribution in [0.1, 0.15) is 35.1 Å². The van der Waals surface area contributed by atoms with Gasteiger partial charge in [0, 0.05) is 12.2 Å². The van der Waals surface area contributed by atoms with Crippen molar-refractivity contribution in [2.24, 2.45) is 0 Å². The van der Waals surface area contributed by atoms with Crippen molar-refractivity contribution in [3.8, 4) is 0 Å². The van der Waals surface area contributed by atoms with Gasteiger partial charge in [-0.1, -0.05) is 55.0 Å². The van der Waals surface area contributed by atoms with Crippen LogP contribution in [0.25, 0.3) is 0 Å². The predicted octanol–water partition coefficient (Wildman–Crippen LogP) is 3.40.